The second-order valence-corrected chi connectivity index (χ2v) is 6.39. The minimum atomic E-state index is -3.22. The van der Waals surface area contributed by atoms with Gasteiger partial charge in [0.25, 0.3) is 0 Å². The van der Waals surface area contributed by atoms with Crippen molar-refractivity contribution in [3.8, 4) is 5.75 Å². The lowest BCUT2D eigenvalue weighted by atomic mass is 10.2. The zero-order valence-electron chi connectivity index (χ0n) is 9.76. The first-order valence-electron chi connectivity index (χ1n) is 5.40. The van der Waals surface area contributed by atoms with Crippen molar-refractivity contribution in [2.75, 3.05) is 23.9 Å². The third-order valence-electron chi connectivity index (χ3n) is 2.83. The van der Waals surface area contributed by atoms with Gasteiger partial charge in [-0.15, -0.1) is 0 Å². The van der Waals surface area contributed by atoms with Gasteiger partial charge in [0.1, 0.15) is 11.6 Å². The van der Waals surface area contributed by atoms with Crippen LogP contribution in [0.1, 0.15) is 0 Å². The fraction of sp³-hybridized carbons (Fsp3) is 0.455. The summed E-state index contributed by atoms with van der Waals surface area (Å²) in [6.45, 7) is 0. The van der Waals surface area contributed by atoms with Gasteiger partial charge in [-0.1, -0.05) is 0 Å². The maximum absolute atomic E-state index is 13.0. The van der Waals surface area contributed by atoms with Crippen LogP contribution in [-0.2, 0) is 9.84 Å². The van der Waals surface area contributed by atoms with Gasteiger partial charge in [0.15, 0.2) is 9.84 Å². The van der Waals surface area contributed by atoms with E-state index in [1.807, 2.05) is 0 Å². The van der Waals surface area contributed by atoms with E-state index in [4.69, 9.17) is 4.74 Å². The van der Waals surface area contributed by atoms with Crippen molar-refractivity contribution in [1.29, 1.82) is 0 Å². The highest BCUT2D eigenvalue weighted by atomic mass is 32.2. The molecule has 0 aromatic heterocycles. The molecule has 2 rings (SSSR count). The zero-order chi connectivity index (χ0) is 13.3. The molecule has 7 heteroatoms. The minimum Gasteiger partial charge on any atom is -0.494 e. The van der Waals surface area contributed by atoms with E-state index in [0.717, 1.165) is 0 Å². The molecule has 1 aliphatic heterocycles. The maximum atomic E-state index is 13.0. The van der Waals surface area contributed by atoms with Crippen LogP contribution < -0.4 is 10.1 Å². The Labute approximate surface area is 104 Å². The number of hydrogen-bond acceptors (Lipinski definition) is 5. The fourth-order valence-corrected chi connectivity index (χ4v) is 3.69. The predicted molar refractivity (Wildman–Crippen MR) is 65.0 cm³/mol. The largest absolute Gasteiger partial charge is 0.494 e. The summed E-state index contributed by atoms with van der Waals surface area (Å²) in [4.78, 5) is 0. The highest BCUT2D eigenvalue weighted by molar-refractivity contribution is 7.91. The molecular formula is C11H14FNO4S. The first-order chi connectivity index (χ1) is 8.41. The fourth-order valence-electron chi connectivity index (χ4n) is 1.95. The number of benzene rings is 1. The lowest BCUT2D eigenvalue weighted by Gasteiger charge is -2.18. The molecule has 0 aliphatic carbocycles. The Balaban J connectivity index is 2.20. The van der Waals surface area contributed by atoms with Gasteiger partial charge in [0.2, 0.25) is 0 Å². The monoisotopic (exact) mass is 275 g/mol. The summed E-state index contributed by atoms with van der Waals surface area (Å²) in [5.41, 5.74) is 0.458. The Hall–Kier alpha value is -1.34. The van der Waals surface area contributed by atoms with E-state index in [2.05, 4.69) is 5.32 Å². The van der Waals surface area contributed by atoms with Crippen molar-refractivity contribution in [2.45, 2.75) is 12.1 Å². The smallest absolute Gasteiger partial charge is 0.155 e. The third-order valence-corrected chi connectivity index (χ3v) is 4.54. The summed E-state index contributed by atoms with van der Waals surface area (Å²) < 4.78 is 40.7. The molecule has 1 fully saturated rings. The quantitative estimate of drug-likeness (QED) is 0.835. The number of methoxy groups -OCH3 is 1. The average molecular weight is 275 g/mol. The van der Waals surface area contributed by atoms with Gasteiger partial charge in [-0.3, -0.25) is 0 Å². The van der Waals surface area contributed by atoms with Crippen LogP contribution in [0, 0.1) is 5.82 Å². The molecule has 0 amide bonds. The molecule has 2 atom stereocenters. The number of sulfone groups is 1. The van der Waals surface area contributed by atoms with Crippen LogP contribution in [0.5, 0.6) is 5.75 Å². The Morgan fingerprint density at radius 3 is 2.72 bits per heavy atom. The van der Waals surface area contributed by atoms with E-state index in [1.165, 1.54) is 25.3 Å². The van der Waals surface area contributed by atoms with Crippen molar-refractivity contribution in [2.24, 2.45) is 0 Å². The SMILES string of the molecule is COc1cc(F)ccc1NC1CS(=O)(=O)CC1O. The Bertz CT molecular complexity index is 546. The van der Waals surface area contributed by atoms with Crippen molar-refractivity contribution in [3.05, 3.63) is 24.0 Å². The van der Waals surface area contributed by atoms with Gasteiger partial charge < -0.3 is 15.2 Å². The molecule has 1 aromatic rings. The molecule has 2 N–H and O–H groups in total. The molecule has 100 valence electrons. The molecule has 1 aromatic carbocycles. The number of aliphatic hydroxyl groups is 1. The van der Waals surface area contributed by atoms with Crippen molar-refractivity contribution < 1.29 is 22.7 Å². The number of anilines is 1. The summed E-state index contributed by atoms with van der Waals surface area (Å²) in [5.74, 6) is -0.577. The molecular weight excluding hydrogens is 261 g/mol. The Kier molecular flexibility index (Phi) is 3.45. The van der Waals surface area contributed by atoms with Gasteiger partial charge >= 0.3 is 0 Å². The van der Waals surface area contributed by atoms with Crippen molar-refractivity contribution in [1.82, 2.24) is 0 Å². The molecule has 2 unspecified atom stereocenters. The molecule has 0 saturated carbocycles. The van der Waals surface area contributed by atoms with Crippen LogP contribution in [0.3, 0.4) is 0 Å². The second kappa shape index (κ2) is 4.74. The number of nitrogens with one attached hydrogen (secondary N) is 1. The topological polar surface area (TPSA) is 75.6 Å². The van der Waals surface area contributed by atoms with E-state index >= 15 is 0 Å². The molecule has 0 radical (unpaired) electrons. The third kappa shape index (κ3) is 2.73. The lowest BCUT2D eigenvalue weighted by molar-refractivity contribution is 0.190. The maximum Gasteiger partial charge on any atom is 0.155 e. The highest BCUT2D eigenvalue weighted by Gasteiger charge is 2.36. The molecule has 1 heterocycles. The standard InChI is InChI=1S/C11H14FNO4S/c1-17-11-4-7(12)2-3-8(11)13-9-5-18(15,16)6-10(9)14/h2-4,9-10,13-14H,5-6H2,1H3. The number of halogens is 1. The van der Waals surface area contributed by atoms with Crippen LogP contribution in [0.2, 0.25) is 0 Å². The summed E-state index contributed by atoms with van der Waals surface area (Å²) in [6.07, 6.45) is -0.968. The Morgan fingerprint density at radius 1 is 1.44 bits per heavy atom. The summed E-state index contributed by atoms with van der Waals surface area (Å²) >= 11 is 0. The molecule has 5 nitrogen and oxygen atoms in total. The van der Waals surface area contributed by atoms with E-state index < -0.39 is 27.8 Å². The molecule has 1 saturated heterocycles. The van der Waals surface area contributed by atoms with Gasteiger partial charge in [-0.05, 0) is 12.1 Å². The zero-order valence-corrected chi connectivity index (χ0v) is 10.6. The summed E-state index contributed by atoms with van der Waals surface area (Å²) in [7, 11) is -1.83. The van der Waals surface area contributed by atoms with Gasteiger partial charge in [-0.2, -0.15) is 0 Å². The summed E-state index contributed by atoms with van der Waals surface area (Å²) in [6, 6.07) is 3.28. The van der Waals surface area contributed by atoms with Crippen molar-refractivity contribution in [3.63, 3.8) is 0 Å². The first kappa shape index (κ1) is 13.1. The van der Waals surface area contributed by atoms with Gasteiger partial charge in [0, 0.05) is 6.07 Å². The highest BCUT2D eigenvalue weighted by Crippen LogP contribution is 2.27. The average Bonchev–Trinajstić information content (AvgIpc) is 2.54. The van der Waals surface area contributed by atoms with E-state index in [-0.39, 0.29) is 17.3 Å². The molecule has 0 spiro atoms. The second-order valence-electron chi connectivity index (χ2n) is 4.24. The van der Waals surface area contributed by atoms with Crippen LogP contribution in [0.25, 0.3) is 0 Å². The predicted octanol–water partition coefficient (Wildman–Crippen LogP) is 0.404. The van der Waals surface area contributed by atoms with Crippen LogP contribution in [0.15, 0.2) is 18.2 Å². The lowest BCUT2D eigenvalue weighted by Crippen LogP contribution is -2.32. The van der Waals surface area contributed by atoms with Crippen LogP contribution in [0.4, 0.5) is 10.1 Å². The molecule has 18 heavy (non-hydrogen) atoms. The number of hydrogen-bond donors (Lipinski definition) is 2. The number of rotatable bonds is 3. The van der Waals surface area contributed by atoms with E-state index in [0.29, 0.717) is 5.69 Å². The normalized spacial score (nSPS) is 25.9. The molecule has 0 bridgehead atoms. The van der Waals surface area contributed by atoms with Crippen LogP contribution in [-0.4, -0.2) is 44.3 Å². The number of ether oxygens (including phenoxy) is 1. The first-order valence-corrected chi connectivity index (χ1v) is 7.22. The van der Waals surface area contributed by atoms with E-state index in [1.54, 1.807) is 0 Å². The van der Waals surface area contributed by atoms with Gasteiger partial charge in [-0.25, -0.2) is 12.8 Å². The number of aliphatic hydroxyl groups excluding tert-OH is 1. The minimum absolute atomic E-state index is 0.144. The summed E-state index contributed by atoms with van der Waals surface area (Å²) in [5, 5.41) is 12.5. The van der Waals surface area contributed by atoms with E-state index in [9.17, 15) is 17.9 Å². The van der Waals surface area contributed by atoms with Crippen molar-refractivity contribution >= 4 is 15.5 Å². The van der Waals surface area contributed by atoms with Gasteiger partial charge in [0.05, 0.1) is 36.4 Å². The van der Waals surface area contributed by atoms with Crippen LogP contribution >= 0.6 is 0 Å². The Morgan fingerprint density at radius 2 is 2.17 bits per heavy atom. The molecule has 1 aliphatic rings.